The molecule has 3 nitrogen and oxygen atoms in total. The quantitative estimate of drug-likeness (QED) is 0.648. The van der Waals surface area contributed by atoms with E-state index in [1.54, 1.807) is 0 Å². The van der Waals surface area contributed by atoms with Crippen LogP contribution in [-0.2, 0) is 4.79 Å². The topological polar surface area (TPSA) is 38.3 Å². The summed E-state index contributed by atoms with van der Waals surface area (Å²) >= 11 is 3.96. The van der Waals surface area contributed by atoms with Gasteiger partial charge in [0.25, 0.3) is 5.91 Å². The van der Waals surface area contributed by atoms with Gasteiger partial charge in [0.15, 0.2) is 6.61 Å². The fourth-order valence-corrected chi connectivity index (χ4v) is 5.74. The van der Waals surface area contributed by atoms with Gasteiger partial charge in [0, 0.05) is 17.2 Å². The van der Waals surface area contributed by atoms with E-state index in [9.17, 15) is 4.79 Å². The normalized spacial score (nSPS) is 14.5. The molecule has 0 unspecified atom stereocenters. The molecule has 26 heavy (non-hydrogen) atoms. The molecule has 0 atom stereocenters. The van der Waals surface area contributed by atoms with Crippen molar-refractivity contribution >= 4 is 45.9 Å². The largest absolute Gasteiger partial charge is 0.484 e. The molecule has 0 bridgehead atoms. The Hall–Kier alpha value is -2.11. The Bertz CT molecular complexity index is 905. The van der Waals surface area contributed by atoms with Gasteiger partial charge in [-0.3, -0.25) is 4.79 Å². The number of carbonyl (C=O) groups is 1. The number of amides is 1. The summed E-state index contributed by atoms with van der Waals surface area (Å²) in [5, 5.41) is 5.14. The zero-order valence-electron chi connectivity index (χ0n) is 14.2. The second-order valence-corrected chi connectivity index (χ2v) is 8.77. The van der Waals surface area contributed by atoms with Crippen molar-refractivity contribution in [2.24, 2.45) is 0 Å². The number of carbonyl (C=O) groups excluding carboxylic acids is 1. The van der Waals surface area contributed by atoms with Crippen molar-refractivity contribution < 1.29 is 9.53 Å². The van der Waals surface area contributed by atoms with Crippen LogP contribution in [0.15, 0.2) is 66.7 Å². The monoisotopic (exact) mass is 381 g/mol. The summed E-state index contributed by atoms with van der Waals surface area (Å²) in [5.41, 5.74) is 2.09. The van der Waals surface area contributed by atoms with Gasteiger partial charge in [-0.2, -0.15) is 0 Å². The Morgan fingerprint density at radius 2 is 1.69 bits per heavy atom. The lowest BCUT2D eigenvalue weighted by atomic mass is 10.1. The van der Waals surface area contributed by atoms with Crippen LogP contribution in [0.3, 0.4) is 0 Å². The lowest BCUT2D eigenvalue weighted by Crippen LogP contribution is -2.20. The molecule has 0 aliphatic carbocycles. The van der Waals surface area contributed by atoms with E-state index in [0.29, 0.717) is 4.58 Å². The first kappa shape index (κ1) is 17.3. The predicted molar refractivity (Wildman–Crippen MR) is 112 cm³/mol. The van der Waals surface area contributed by atoms with E-state index in [4.69, 9.17) is 4.74 Å². The van der Waals surface area contributed by atoms with Crippen molar-refractivity contribution in [3.63, 3.8) is 0 Å². The van der Waals surface area contributed by atoms with Gasteiger partial charge in [0.05, 0.1) is 4.58 Å². The minimum Gasteiger partial charge on any atom is -0.484 e. The van der Waals surface area contributed by atoms with E-state index in [-0.39, 0.29) is 12.5 Å². The van der Waals surface area contributed by atoms with E-state index in [2.05, 4.69) is 23.5 Å². The maximum Gasteiger partial charge on any atom is 0.262 e. The number of thioether (sulfide) groups is 2. The first-order valence-corrected chi connectivity index (χ1v) is 10.6. The van der Waals surface area contributed by atoms with Crippen LogP contribution in [0, 0.1) is 0 Å². The second-order valence-electron chi connectivity index (χ2n) is 6.04. The second kappa shape index (κ2) is 8.06. The van der Waals surface area contributed by atoms with Crippen LogP contribution in [0.5, 0.6) is 5.75 Å². The lowest BCUT2D eigenvalue weighted by Gasteiger charge is -2.11. The fraction of sp³-hybridized carbons (Fsp3) is 0.190. The number of fused-ring (bicyclic) bond motifs is 1. The van der Waals surface area contributed by atoms with Crippen molar-refractivity contribution in [2.75, 3.05) is 23.4 Å². The van der Waals surface area contributed by atoms with E-state index >= 15 is 0 Å². The number of nitrogens with one attached hydrogen (secondary N) is 1. The summed E-state index contributed by atoms with van der Waals surface area (Å²) in [5.74, 6) is 2.98. The van der Waals surface area contributed by atoms with Gasteiger partial charge >= 0.3 is 0 Å². The number of rotatable bonds is 5. The Balaban J connectivity index is 1.32. The third-order valence-electron chi connectivity index (χ3n) is 4.18. The smallest absolute Gasteiger partial charge is 0.262 e. The number of ether oxygens (including phenoxy) is 1. The van der Waals surface area contributed by atoms with Crippen LogP contribution < -0.4 is 10.1 Å². The molecule has 1 aliphatic rings. The summed E-state index contributed by atoms with van der Waals surface area (Å²) in [7, 11) is 0. The van der Waals surface area contributed by atoms with Gasteiger partial charge in [-0.25, -0.2) is 0 Å². The maximum atomic E-state index is 12.2. The molecule has 0 saturated carbocycles. The van der Waals surface area contributed by atoms with E-state index in [0.717, 1.165) is 22.2 Å². The first-order chi connectivity index (χ1) is 12.8. The molecular weight excluding hydrogens is 362 g/mol. The molecule has 132 valence electrons. The van der Waals surface area contributed by atoms with Gasteiger partial charge in [0.2, 0.25) is 0 Å². The van der Waals surface area contributed by atoms with Crippen LogP contribution >= 0.6 is 23.5 Å². The third kappa shape index (κ3) is 4.17. The fourth-order valence-electron chi connectivity index (χ4n) is 2.89. The molecule has 0 aromatic heterocycles. The van der Waals surface area contributed by atoms with Crippen LogP contribution in [0.25, 0.3) is 10.8 Å². The standard InChI is InChI=1S/C21H19NO2S2/c23-20(22-18-8-5-15-3-1-2-4-17(15)13-18)14-24-19-9-6-16(7-10-19)21-25-11-12-26-21/h1-10,13,21H,11-12,14H2,(H,22,23). The maximum absolute atomic E-state index is 12.2. The van der Waals surface area contributed by atoms with Crippen molar-refractivity contribution in [2.45, 2.75) is 4.58 Å². The van der Waals surface area contributed by atoms with Crippen LogP contribution in [0.1, 0.15) is 10.1 Å². The van der Waals surface area contributed by atoms with E-state index < -0.39 is 0 Å². The Morgan fingerprint density at radius 1 is 0.962 bits per heavy atom. The highest BCUT2D eigenvalue weighted by molar-refractivity contribution is 8.19. The van der Waals surface area contributed by atoms with Crippen molar-refractivity contribution in [1.82, 2.24) is 0 Å². The minimum absolute atomic E-state index is 0.000891. The molecule has 3 aromatic rings. The average Bonchev–Trinajstić information content (AvgIpc) is 3.21. The van der Waals surface area contributed by atoms with Gasteiger partial charge in [0.1, 0.15) is 5.75 Å². The highest BCUT2D eigenvalue weighted by Crippen LogP contribution is 2.45. The average molecular weight is 382 g/mol. The zero-order chi connectivity index (χ0) is 17.8. The summed E-state index contributed by atoms with van der Waals surface area (Å²) in [6.45, 7) is -0.000891. The molecule has 1 N–H and O–H groups in total. The minimum atomic E-state index is -0.161. The van der Waals surface area contributed by atoms with E-state index in [1.165, 1.54) is 17.1 Å². The molecule has 0 spiro atoms. The van der Waals surface area contributed by atoms with Crippen LogP contribution in [-0.4, -0.2) is 24.0 Å². The van der Waals surface area contributed by atoms with Crippen molar-refractivity contribution in [1.29, 1.82) is 0 Å². The highest BCUT2D eigenvalue weighted by atomic mass is 32.2. The van der Waals surface area contributed by atoms with Gasteiger partial charge < -0.3 is 10.1 Å². The molecule has 5 heteroatoms. The summed E-state index contributed by atoms with van der Waals surface area (Å²) in [6.07, 6.45) is 0. The lowest BCUT2D eigenvalue weighted by molar-refractivity contribution is -0.118. The molecule has 1 fully saturated rings. The zero-order valence-corrected chi connectivity index (χ0v) is 15.8. The number of benzene rings is 3. The molecule has 1 heterocycles. The number of hydrogen-bond acceptors (Lipinski definition) is 4. The molecule has 3 aromatic carbocycles. The van der Waals surface area contributed by atoms with Gasteiger partial charge in [-0.1, -0.05) is 42.5 Å². The Morgan fingerprint density at radius 3 is 2.46 bits per heavy atom. The van der Waals surface area contributed by atoms with Crippen LogP contribution in [0.2, 0.25) is 0 Å². The van der Waals surface area contributed by atoms with Gasteiger partial charge in [-0.05, 0) is 40.6 Å². The molecule has 0 radical (unpaired) electrons. The van der Waals surface area contributed by atoms with Crippen molar-refractivity contribution in [3.05, 3.63) is 72.3 Å². The summed E-state index contributed by atoms with van der Waals surface area (Å²) < 4.78 is 6.15. The molecule has 1 amide bonds. The highest BCUT2D eigenvalue weighted by Gasteiger charge is 2.18. The molecular formula is C21H19NO2S2. The van der Waals surface area contributed by atoms with Crippen LogP contribution in [0.4, 0.5) is 5.69 Å². The SMILES string of the molecule is O=C(COc1ccc(C2SCCS2)cc1)Nc1ccc2ccccc2c1. The summed E-state index contributed by atoms with van der Waals surface area (Å²) in [6, 6.07) is 22.0. The van der Waals surface area contributed by atoms with Crippen molar-refractivity contribution in [3.8, 4) is 5.75 Å². The Kier molecular flexibility index (Phi) is 5.37. The Labute approximate surface area is 161 Å². The number of hydrogen-bond donors (Lipinski definition) is 1. The third-order valence-corrected chi connectivity index (χ3v) is 7.28. The molecule has 1 aliphatic heterocycles. The van der Waals surface area contributed by atoms with Gasteiger partial charge in [-0.15, -0.1) is 23.5 Å². The summed E-state index contributed by atoms with van der Waals surface area (Å²) in [4.78, 5) is 12.2. The van der Waals surface area contributed by atoms with E-state index in [1.807, 2.05) is 72.1 Å². The molecule has 1 saturated heterocycles. The molecule has 4 rings (SSSR count). The predicted octanol–water partition coefficient (Wildman–Crippen LogP) is 5.34. The number of anilines is 1. The first-order valence-electron chi connectivity index (χ1n) is 8.52.